The zero-order chi connectivity index (χ0) is 13.2. The van der Waals surface area contributed by atoms with Crippen molar-refractivity contribution in [1.82, 2.24) is 9.97 Å². The van der Waals surface area contributed by atoms with Crippen molar-refractivity contribution in [3.63, 3.8) is 0 Å². The molecule has 0 fully saturated rings. The monoisotopic (exact) mass is 271 g/mol. The van der Waals surface area contributed by atoms with Crippen molar-refractivity contribution in [2.75, 3.05) is 31.0 Å². The Hall–Kier alpha value is -1.03. The normalized spacial score (nSPS) is 10.4. The summed E-state index contributed by atoms with van der Waals surface area (Å²) in [5.74, 6) is 2.29. The molecule has 1 rings (SSSR count). The number of unbranched alkanes of at least 4 members (excludes halogenated alkanes) is 2. The molecule has 0 saturated heterocycles. The zero-order valence-corrected chi connectivity index (χ0v) is 12.0. The van der Waals surface area contributed by atoms with Crippen LogP contribution in [0.15, 0.2) is 12.4 Å². The average molecular weight is 272 g/mol. The predicted molar refractivity (Wildman–Crippen MR) is 75.7 cm³/mol. The second-order valence-corrected chi connectivity index (χ2v) is 4.61. The van der Waals surface area contributed by atoms with Crippen LogP contribution in [0, 0.1) is 0 Å². The molecule has 0 bridgehead atoms. The zero-order valence-electron chi connectivity index (χ0n) is 11.2. The van der Waals surface area contributed by atoms with Crippen LogP contribution >= 0.6 is 11.6 Å². The second-order valence-electron chi connectivity index (χ2n) is 4.23. The van der Waals surface area contributed by atoms with E-state index >= 15 is 0 Å². The van der Waals surface area contributed by atoms with Crippen molar-refractivity contribution in [2.24, 2.45) is 0 Å². The fourth-order valence-electron chi connectivity index (χ4n) is 1.56. The van der Waals surface area contributed by atoms with E-state index in [2.05, 4.69) is 21.8 Å². The molecule has 0 aliphatic rings. The molecule has 5 heteroatoms. The number of nitrogens with zero attached hydrogens (tertiary/aromatic N) is 3. The molecule has 18 heavy (non-hydrogen) atoms. The van der Waals surface area contributed by atoms with E-state index in [1.54, 1.807) is 6.33 Å². The van der Waals surface area contributed by atoms with Crippen LogP contribution in [-0.4, -0.2) is 36.0 Å². The Bertz CT molecular complexity index is 336. The average Bonchev–Trinajstić information content (AvgIpc) is 2.41. The molecule has 102 valence electrons. The topological polar surface area (TPSA) is 38.2 Å². The molecular weight excluding hydrogens is 250 g/mol. The summed E-state index contributed by atoms with van der Waals surface area (Å²) < 4.78 is 5.49. The number of aromatic nitrogens is 2. The molecule has 1 aromatic rings. The first kappa shape index (κ1) is 15.0. The smallest absolute Gasteiger partial charge is 0.218 e. The molecule has 0 N–H and O–H groups in total. The van der Waals surface area contributed by atoms with Gasteiger partial charge in [-0.25, -0.2) is 9.97 Å². The van der Waals surface area contributed by atoms with Gasteiger partial charge in [-0.2, -0.15) is 0 Å². The number of hydrogen-bond acceptors (Lipinski definition) is 4. The van der Waals surface area contributed by atoms with Gasteiger partial charge in [-0.3, -0.25) is 0 Å². The van der Waals surface area contributed by atoms with E-state index in [4.69, 9.17) is 16.3 Å². The maximum Gasteiger partial charge on any atom is 0.218 e. The Balaban J connectivity index is 2.43. The van der Waals surface area contributed by atoms with Gasteiger partial charge in [-0.05, 0) is 19.3 Å². The van der Waals surface area contributed by atoms with Crippen molar-refractivity contribution in [2.45, 2.75) is 32.6 Å². The first-order valence-corrected chi connectivity index (χ1v) is 7.03. The van der Waals surface area contributed by atoms with Crippen molar-refractivity contribution < 1.29 is 4.74 Å². The highest BCUT2D eigenvalue weighted by atomic mass is 35.5. The van der Waals surface area contributed by atoms with Gasteiger partial charge in [0.1, 0.15) is 12.1 Å². The molecule has 0 aromatic carbocycles. The molecule has 0 atom stereocenters. The minimum Gasteiger partial charge on any atom is -0.478 e. The van der Waals surface area contributed by atoms with Gasteiger partial charge in [0.15, 0.2) is 0 Å². The predicted octanol–water partition coefficient (Wildman–Crippen LogP) is 3.11. The molecule has 0 saturated carbocycles. The van der Waals surface area contributed by atoms with Crippen LogP contribution in [0.1, 0.15) is 32.6 Å². The fraction of sp³-hybridized carbons (Fsp3) is 0.692. The largest absolute Gasteiger partial charge is 0.478 e. The molecule has 0 radical (unpaired) electrons. The highest BCUT2D eigenvalue weighted by Gasteiger charge is 2.04. The van der Waals surface area contributed by atoms with Gasteiger partial charge in [0.2, 0.25) is 5.88 Å². The highest BCUT2D eigenvalue weighted by Crippen LogP contribution is 2.15. The molecule has 4 nitrogen and oxygen atoms in total. The lowest BCUT2D eigenvalue weighted by molar-refractivity contribution is 0.304. The summed E-state index contributed by atoms with van der Waals surface area (Å²) in [6, 6.07) is 1.89. The van der Waals surface area contributed by atoms with E-state index in [9.17, 15) is 0 Å². The Kier molecular flexibility index (Phi) is 7.49. The number of ether oxygens (including phenoxy) is 1. The maximum atomic E-state index is 5.65. The van der Waals surface area contributed by atoms with Gasteiger partial charge in [0.05, 0.1) is 6.61 Å². The van der Waals surface area contributed by atoms with E-state index in [0.29, 0.717) is 12.5 Å². The number of hydrogen-bond donors (Lipinski definition) is 0. The van der Waals surface area contributed by atoms with Crippen LogP contribution in [-0.2, 0) is 0 Å². The molecule has 0 spiro atoms. The van der Waals surface area contributed by atoms with Gasteiger partial charge in [0.25, 0.3) is 0 Å². The molecule has 0 aliphatic heterocycles. The van der Waals surface area contributed by atoms with E-state index < -0.39 is 0 Å². The lowest BCUT2D eigenvalue weighted by atomic mass is 10.2. The first-order chi connectivity index (χ1) is 8.77. The Morgan fingerprint density at radius 1 is 1.28 bits per heavy atom. The van der Waals surface area contributed by atoms with Crippen LogP contribution in [0.3, 0.4) is 0 Å². The van der Waals surface area contributed by atoms with Crippen LogP contribution < -0.4 is 9.64 Å². The first-order valence-electron chi connectivity index (χ1n) is 6.50. The summed E-state index contributed by atoms with van der Waals surface area (Å²) in [5, 5.41) is 0. The van der Waals surface area contributed by atoms with Crippen molar-refractivity contribution >= 4 is 17.4 Å². The third-order valence-corrected chi connectivity index (χ3v) is 2.87. The number of halogens is 1. The quantitative estimate of drug-likeness (QED) is 0.511. The van der Waals surface area contributed by atoms with Gasteiger partial charge >= 0.3 is 0 Å². The summed E-state index contributed by atoms with van der Waals surface area (Å²) in [6.07, 6.45) is 5.88. The fourth-order valence-corrected chi connectivity index (χ4v) is 1.75. The summed E-state index contributed by atoms with van der Waals surface area (Å²) in [7, 11) is 2.03. The Morgan fingerprint density at radius 3 is 2.83 bits per heavy atom. The number of alkyl halides is 1. The van der Waals surface area contributed by atoms with Gasteiger partial charge in [-0.15, -0.1) is 11.6 Å². The van der Waals surface area contributed by atoms with Crippen LogP contribution in [0.4, 0.5) is 5.82 Å². The lowest BCUT2D eigenvalue weighted by Gasteiger charge is -2.18. The van der Waals surface area contributed by atoms with Crippen LogP contribution in [0.5, 0.6) is 5.88 Å². The summed E-state index contributed by atoms with van der Waals surface area (Å²) >= 11 is 5.65. The Labute approximate surface area is 114 Å². The number of anilines is 1. The van der Waals surface area contributed by atoms with Crippen molar-refractivity contribution in [3.05, 3.63) is 12.4 Å². The molecule has 1 heterocycles. The van der Waals surface area contributed by atoms with Crippen LogP contribution in [0.2, 0.25) is 0 Å². The van der Waals surface area contributed by atoms with E-state index in [-0.39, 0.29) is 0 Å². The van der Waals surface area contributed by atoms with Crippen molar-refractivity contribution in [1.29, 1.82) is 0 Å². The van der Waals surface area contributed by atoms with Crippen LogP contribution in [0.25, 0.3) is 0 Å². The Morgan fingerprint density at radius 2 is 2.11 bits per heavy atom. The highest BCUT2D eigenvalue weighted by molar-refractivity contribution is 6.17. The summed E-state index contributed by atoms with van der Waals surface area (Å²) in [5.41, 5.74) is 0. The molecule has 0 unspecified atom stereocenters. The molecule has 1 aromatic heterocycles. The van der Waals surface area contributed by atoms with E-state index in [0.717, 1.165) is 43.9 Å². The van der Waals surface area contributed by atoms with E-state index in [1.165, 1.54) is 0 Å². The minimum atomic E-state index is 0.648. The second kappa shape index (κ2) is 8.97. The SMILES string of the molecule is CCCOc1cc(N(C)CCCCCCl)ncn1. The molecular formula is C13H22ClN3O. The van der Waals surface area contributed by atoms with Gasteiger partial charge < -0.3 is 9.64 Å². The third kappa shape index (κ3) is 5.54. The number of rotatable bonds is 9. The van der Waals surface area contributed by atoms with Gasteiger partial charge in [0, 0.05) is 25.5 Å². The van der Waals surface area contributed by atoms with Gasteiger partial charge in [-0.1, -0.05) is 13.3 Å². The van der Waals surface area contributed by atoms with Crippen molar-refractivity contribution in [3.8, 4) is 5.88 Å². The lowest BCUT2D eigenvalue weighted by Crippen LogP contribution is -2.19. The summed E-state index contributed by atoms with van der Waals surface area (Å²) in [6.45, 7) is 3.74. The third-order valence-electron chi connectivity index (χ3n) is 2.60. The maximum absolute atomic E-state index is 5.65. The molecule has 0 amide bonds. The standard InChI is InChI=1S/C13H22ClN3O/c1-3-9-18-13-10-12(15-11-16-13)17(2)8-6-4-5-7-14/h10-11H,3-9H2,1-2H3. The minimum absolute atomic E-state index is 0.648. The van der Waals surface area contributed by atoms with E-state index in [1.807, 2.05) is 13.1 Å². The summed E-state index contributed by atoms with van der Waals surface area (Å²) in [4.78, 5) is 10.5. The molecule has 0 aliphatic carbocycles.